The predicted molar refractivity (Wildman–Crippen MR) is 61.9 cm³/mol. The third kappa shape index (κ3) is 3.55. The first-order chi connectivity index (χ1) is 7.52. The highest BCUT2D eigenvalue weighted by Gasteiger charge is 2.08. The quantitative estimate of drug-likeness (QED) is 0.823. The fourth-order valence-corrected chi connectivity index (χ4v) is 1.36. The molecule has 0 unspecified atom stereocenters. The van der Waals surface area contributed by atoms with Gasteiger partial charge in [-0.1, -0.05) is 11.6 Å². The summed E-state index contributed by atoms with van der Waals surface area (Å²) in [5.74, 6) is 0.0382. The molecule has 5 heteroatoms. The third-order valence-electron chi connectivity index (χ3n) is 1.86. The first-order valence-corrected chi connectivity index (χ1v) is 5.03. The van der Waals surface area contributed by atoms with Gasteiger partial charge in [0.15, 0.2) is 0 Å². The Morgan fingerprint density at radius 3 is 2.62 bits per heavy atom. The zero-order valence-corrected chi connectivity index (χ0v) is 9.80. The molecule has 1 aromatic rings. The molecule has 1 amide bonds. The molecule has 0 aliphatic rings. The number of rotatable bonds is 4. The Labute approximate surface area is 98.5 Å². The average Bonchev–Trinajstić information content (AvgIpc) is 2.19. The van der Waals surface area contributed by atoms with Crippen molar-refractivity contribution in [2.75, 3.05) is 12.4 Å². The van der Waals surface area contributed by atoms with Gasteiger partial charge in [0.05, 0.1) is 24.2 Å². The van der Waals surface area contributed by atoms with Crippen LogP contribution in [0.2, 0.25) is 5.02 Å². The lowest BCUT2D eigenvalue weighted by atomic mass is 10.2. The fraction of sp³-hybridized carbons (Fsp3) is 0.273. The van der Waals surface area contributed by atoms with Crippen molar-refractivity contribution in [2.24, 2.45) is 0 Å². The molecule has 0 aromatic heterocycles. The molecule has 0 saturated carbocycles. The summed E-state index contributed by atoms with van der Waals surface area (Å²) in [6.45, 7) is 1.36. The van der Waals surface area contributed by atoms with Crippen LogP contribution in [0.15, 0.2) is 18.2 Å². The van der Waals surface area contributed by atoms with Crippen LogP contribution in [-0.4, -0.2) is 18.8 Å². The van der Waals surface area contributed by atoms with Crippen LogP contribution in [0.4, 0.5) is 5.69 Å². The number of amides is 1. The number of carbonyl (C=O) groups excluding carboxylic acids is 2. The van der Waals surface area contributed by atoms with E-state index in [2.05, 4.69) is 5.32 Å². The van der Waals surface area contributed by atoms with E-state index < -0.39 is 0 Å². The summed E-state index contributed by atoms with van der Waals surface area (Å²) < 4.78 is 4.97. The Balaban J connectivity index is 2.74. The third-order valence-corrected chi connectivity index (χ3v) is 2.17. The Kier molecular flexibility index (Phi) is 4.31. The highest BCUT2D eigenvalue weighted by molar-refractivity contribution is 6.34. The number of ketones is 1. The Morgan fingerprint density at radius 2 is 2.12 bits per heavy atom. The molecule has 86 valence electrons. The van der Waals surface area contributed by atoms with Crippen molar-refractivity contribution in [1.82, 2.24) is 0 Å². The van der Waals surface area contributed by atoms with Gasteiger partial charge in [-0.2, -0.15) is 0 Å². The lowest BCUT2D eigenvalue weighted by Gasteiger charge is -2.07. The molecular formula is C11H12ClNO3. The second-order valence-electron chi connectivity index (χ2n) is 3.27. The number of methoxy groups -OCH3 is 1. The predicted octanol–water partition coefficient (Wildman–Crippen LogP) is 2.27. The van der Waals surface area contributed by atoms with E-state index in [0.29, 0.717) is 16.5 Å². The van der Waals surface area contributed by atoms with E-state index in [1.165, 1.54) is 14.0 Å². The van der Waals surface area contributed by atoms with E-state index in [4.69, 9.17) is 16.3 Å². The average molecular weight is 242 g/mol. The zero-order valence-electron chi connectivity index (χ0n) is 9.04. The van der Waals surface area contributed by atoms with Crippen molar-refractivity contribution in [3.63, 3.8) is 0 Å². The van der Waals surface area contributed by atoms with Crippen molar-refractivity contribution < 1.29 is 14.3 Å². The molecule has 1 aromatic carbocycles. The molecule has 0 saturated heterocycles. The van der Waals surface area contributed by atoms with Gasteiger partial charge in [-0.15, -0.1) is 0 Å². The van der Waals surface area contributed by atoms with Crippen LogP contribution in [0.3, 0.4) is 0 Å². The summed E-state index contributed by atoms with van der Waals surface area (Å²) in [4.78, 5) is 22.0. The van der Waals surface area contributed by atoms with Crippen LogP contribution in [0, 0.1) is 0 Å². The zero-order chi connectivity index (χ0) is 12.1. The van der Waals surface area contributed by atoms with Crippen molar-refractivity contribution >= 4 is 29.0 Å². The maximum Gasteiger partial charge on any atom is 0.231 e. The molecule has 16 heavy (non-hydrogen) atoms. The largest absolute Gasteiger partial charge is 0.497 e. The minimum atomic E-state index is -0.375. The van der Waals surface area contributed by atoms with E-state index in [9.17, 15) is 9.59 Å². The van der Waals surface area contributed by atoms with Crippen molar-refractivity contribution in [2.45, 2.75) is 13.3 Å². The Hall–Kier alpha value is -1.55. The van der Waals surface area contributed by atoms with Crippen LogP contribution >= 0.6 is 11.6 Å². The normalized spacial score (nSPS) is 9.69. The van der Waals surface area contributed by atoms with Crippen LogP contribution < -0.4 is 10.1 Å². The first-order valence-electron chi connectivity index (χ1n) is 4.65. The summed E-state index contributed by atoms with van der Waals surface area (Å²) in [6, 6.07) is 4.89. The number of anilines is 1. The summed E-state index contributed by atoms with van der Waals surface area (Å²) in [5.41, 5.74) is 0.466. The molecule has 1 N–H and O–H groups in total. The van der Waals surface area contributed by atoms with Gasteiger partial charge >= 0.3 is 0 Å². The standard InChI is InChI=1S/C11H12ClNO3/c1-7(14)5-11(15)13-10-4-3-8(16-2)6-9(10)12/h3-4,6H,5H2,1-2H3,(H,13,15). The van der Waals surface area contributed by atoms with E-state index in [1.807, 2.05) is 0 Å². The Morgan fingerprint density at radius 1 is 1.44 bits per heavy atom. The summed E-state index contributed by atoms with van der Waals surface area (Å²) in [7, 11) is 1.53. The van der Waals surface area contributed by atoms with Gasteiger partial charge in [-0.25, -0.2) is 0 Å². The van der Waals surface area contributed by atoms with Gasteiger partial charge in [0.2, 0.25) is 5.91 Å². The SMILES string of the molecule is COc1ccc(NC(=O)CC(C)=O)c(Cl)c1. The molecule has 0 spiro atoms. The smallest absolute Gasteiger partial charge is 0.231 e. The molecule has 0 aliphatic carbocycles. The highest BCUT2D eigenvalue weighted by atomic mass is 35.5. The minimum absolute atomic E-state index is 0.150. The number of ether oxygens (including phenoxy) is 1. The van der Waals surface area contributed by atoms with E-state index in [-0.39, 0.29) is 18.1 Å². The maximum absolute atomic E-state index is 11.3. The van der Waals surface area contributed by atoms with E-state index in [0.717, 1.165) is 0 Å². The summed E-state index contributed by atoms with van der Waals surface area (Å²) >= 11 is 5.91. The number of carbonyl (C=O) groups is 2. The number of Topliss-reactive ketones (excluding diaryl/α,β-unsaturated/α-hetero) is 1. The van der Waals surface area contributed by atoms with Crippen LogP contribution in [0.1, 0.15) is 13.3 Å². The number of hydrogen-bond acceptors (Lipinski definition) is 3. The lowest BCUT2D eigenvalue weighted by molar-refractivity contribution is -0.124. The topological polar surface area (TPSA) is 55.4 Å². The van der Waals surface area contributed by atoms with Crippen molar-refractivity contribution in [3.8, 4) is 5.75 Å². The second-order valence-corrected chi connectivity index (χ2v) is 3.68. The van der Waals surface area contributed by atoms with E-state index in [1.54, 1.807) is 18.2 Å². The van der Waals surface area contributed by atoms with Crippen molar-refractivity contribution in [1.29, 1.82) is 0 Å². The maximum atomic E-state index is 11.3. The Bertz CT molecular complexity index is 418. The summed E-state index contributed by atoms with van der Waals surface area (Å²) in [5, 5.41) is 2.92. The molecular weight excluding hydrogens is 230 g/mol. The molecule has 0 radical (unpaired) electrons. The molecule has 0 aliphatic heterocycles. The fourth-order valence-electron chi connectivity index (χ4n) is 1.14. The van der Waals surface area contributed by atoms with Crippen LogP contribution in [0.25, 0.3) is 0 Å². The monoisotopic (exact) mass is 241 g/mol. The van der Waals surface area contributed by atoms with Gasteiger partial charge in [-0.05, 0) is 19.1 Å². The summed E-state index contributed by atoms with van der Waals surface area (Å²) in [6.07, 6.45) is -0.150. The molecule has 0 heterocycles. The number of nitrogens with one attached hydrogen (secondary N) is 1. The van der Waals surface area contributed by atoms with Gasteiger partial charge in [0.1, 0.15) is 11.5 Å². The molecule has 0 atom stereocenters. The lowest BCUT2D eigenvalue weighted by Crippen LogP contribution is -2.14. The minimum Gasteiger partial charge on any atom is -0.497 e. The van der Waals surface area contributed by atoms with E-state index >= 15 is 0 Å². The van der Waals surface area contributed by atoms with Gasteiger partial charge in [0, 0.05) is 6.07 Å². The number of benzene rings is 1. The highest BCUT2D eigenvalue weighted by Crippen LogP contribution is 2.26. The van der Waals surface area contributed by atoms with Gasteiger partial charge < -0.3 is 10.1 Å². The van der Waals surface area contributed by atoms with Crippen LogP contribution in [0.5, 0.6) is 5.75 Å². The van der Waals surface area contributed by atoms with Gasteiger partial charge in [0.25, 0.3) is 0 Å². The molecule has 0 fully saturated rings. The molecule has 1 rings (SSSR count). The number of hydrogen-bond donors (Lipinski definition) is 1. The number of halogens is 1. The molecule has 0 bridgehead atoms. The molecule has 4 nitrogen and oxygen atoms in total. The van der Waals surface area contributed by atoms with Gasteiger partial charge in [-0.3, -0.25) is 9.59 Å². The first kappa shape index (κ1) is 12.5. The second kappa shape index (κ2) is 5.51. The van der Waals surface area contributed by atoms with Crippen LogP contribution in [-0.2, 0) is 9.59 Å². The van der Waals surface area contributed by atoms with Crippen molar-refractivity contribution in [3.05, 3.63) is 23.2 Å².